The predicted octanol–water partition coefficient (Wildman–Crippen LogP) is 11.6. The van der Waals surface area contributed by atoms with Crippen LogP contribution in [0.1, 0.15) is 18.9 Å². The first-order chi connectivity index (χ1) is 22.5. The Morgan fingerprint density at radius 3 is 2.17 bits per heavy atom. The molecule has 0 saturated carbocycles. The van der Waals surface area contributed by atoms with Crippen molar-refractivity contribution >= 4 is 79.7 Å². The quantitative estimate of drug-likeness (QED) is 0.151. The smallest absolute Gasteiger partial charge is 0.262 e. The van der Waals surface area contributed by atoms with Crippen LogP contribution in [0.4, 0.5) is 17.1 Å². The third-order valence-corrected chi connectivity index (χ3v) is 10.8. The molecule has 7 heteroatoms. The molecule has 5 aromatic rings. The maximum absolute atomic E-state index is 6.38. The van der Waals surface area contributed by atoms with Crippen LogP contribution in [0, 0.1) is 0 Å². The number of para-hydroxylation sites is 2. The van der Waals surface area contributed by atoms with Gasteiger partial charge in [-0.1, -0.05) is 101 Å². The van der Waals surface area contributed by atoms with E-state index in [4.69, 9.17) is 23.2 Å². The lowest BCUT2D eigenvalue weighted by Crippen LogP contribution is -2.33. The summed E-state index contributed by atoms with van der Waals surface area (Å²) < 4.78 is 3.55. The fraction of sp³-hybridized carbons (Fsp3) is 0.103. The van der Waals surface area contributed by atoms with Gasteiger partial charge in [0, 0.05) is 45.0 Å². The summed E-state index contributed by atoms with van der Waals surface area (Å²) >= 11 is 16.3. The molecule has 46 heavy (non-hydrogen) atoms. The summed E-state index contributed by atoms with van der Waals surface area (Å²) in [6.07, 6.45) is 13.4. The first-order valence-electron chi connectivity index (χ1n) is 15.3. The average molecular weight is 678 g/mol. The lowest BCUT2D eigenvalue weighted by molar-refractivity contribution is -0.665. The molecule has 1 aromatic heterocycles. The highest BCUT2D eigenvalue weighted by atomic mass is 35.5. The van der Waals surface area contributed by atoms with Crippen LogP contribution in [-0.4, -0.2) is 6.54 Å². The summed E-state index contributed by atoms with van der Waals surface area (Å²) in [4.78, 5) is 5.91. The molecule has 1 aliphatic heterocycles. The number of rotatable bonds is 8. The summed E-state index contributed by atoms with van der Waals surface area (Å²) in [5, 5.41) is 3.88. The topological polar surface area (TPSA) is 10.4 Å². The molecule has 0 fully saturated rings. The van der Waals surface area contributed by atoms with Gasteiger partial charge in [-0.3, -0.25) is 0 Å². The van der Waals surface area contributed by atoms with Crippen LogP contribution >= 0.6 is 46.3 Å². The van der Waals surface area contributed by atoms with E-state index in [2.05, 4.69) is 150 Å². The minimum Gasteiger partial charge on any atom is -0.335 e. The number of aryl methyl sites for hydroxylation is 1. The van der Waals surface area contributed by atoms with Crippen LogP contribution < -0.4 is 14.4 Å². The number of benzene rings is 4. The molecule has 228 valence electrons. The number of aromatic nitrogens is 1. The number of nitrogens with zero attached hydrogens (tertiary/aromatic N) is 3. The Morgan fingerprint density at radius 2 is 1.48 bits per heavy atom. The Bertz CT molecular complexity index is 2040. The standard InChI is InChI=1S/C39H32Cl2N3S2/c1-3-42-33-25-29(40)19-21-35(33)45-37(42)23-17-27-15-16-28(18-24-38-43(4-2)34-26-30(41)20-22-36(34)46-38)39(27)44(31-11-7-5-8-12-31)32-13-9-6-10-14-32/h5-26H,3-4H2,1-2H3/q+1. The minimum atomic E-state index is 0.755. The lowest BCUT2D eigenvalue weighted by atomic mass is 10.1. The van der Waals surface area contributed by atoms with Crippen molar-refractivity contribution in [1.29, 1.82) is 0 Å². The molecule has 0 saturated heterocycles. The number of hydrogen-bond acceptors (Lipinski definition) is 4. The van der Waals surface area contributed by atoms with Crippen LogP contribution in [0.25, 0.3) is 16.3 Å². The van der Waals surface area contributed by atoms with Crippen LogP contribution in [0.5, 0.6) is 0 Å². The SMILES string of the molecule is CCN1C(=CC=C2C=CC(C=Cc3sc4ccc(Cl)cc4[n+]3CC)=C2N(c2ccccc2)c2ccccc2)Sc2ccc(Cl)cc21. The van der Waals surface area contributed by atoms with Crippen molar-refractivity contribution in [3.05, 3.63) is 164 Å². The largest absolute Gasteiger partial charge is 0.335 e. The molecular formula is C39H32Cl2N3S2+. The molecule has 0 atom stereocenters. The van der Waals surface area contributed by atoms with Gasteiger partial charge in [-0.15, -0.1) is 0 Å². The zero-order chi connectivity index (χ0) is 31.6. The van der Waals surface area contributed by atoms with Crippen molar-refractivity contribution in [2.45, 2.75) is 25.3 Å². The molecule has 0 unspecified atom stereocenters. The van der Waals surface area contributed by atoms with Gasteiger partial charge in [-0.05, 0) is 91.7 Å². The van der Waals surface area contributed by atoms with Crippen molar-refractivity contribution in [2.75, 3.05) is 16.3 Å². The van der Waals surface area contributed by atoms with Crippen molar-refractivity contribution in [3.63, 3.8) is 0 Å². The molecule has 0 amide bonds. The van der Waals surface area contributed by atoms with Gasteiger partial charge in [0.05, 0.1) is 16.4 Å². The third kappa shape index (κ3) is 5.96. The molecular weight excluding hydrogens is 645 g/mol. The van der Waals surface area contributed by atoms with E-state index in [9.17, 15) is 0 Å². The fourth-order valence-corrected chi connectivity index (χ4v) is 8.51. The molecule has 1 aliphatic carbocycles. The highest BCUT2D eigenvalue weighted by Crippen LogP contribution is 2.47. The van der Waals surface area contributed by atoms with Gasteiger partial charge < -0.3 is 9.80 Å². The summed E-state index contributed by atoms with van der Waals surface area (Å²) in [6.45, 7) is 6.08. The van der Waals surface area contributed by atoms with Gasteiger partial charge in [0.1, 0.15) is 11.2 Å². The molecule has 0 bridgehead atoms. The van der Waals surface area contributed by atoms with E-state index >= 15 is 0 Å². The lowest BCUT2D eigenvalue weighted by Gasteiger charge is -2.28. The molecule has 3 nitrogen and oxygen atoms in total. The molecule has 2 aliphatic rings. The number of allylic oxidation sites excluding steroid dienone is 6. The maximum Gasteiger partial charge on any atom is 0.262 e. The molecule has 2 heterocycles. The second-order valence-electron chi connectivity index (χ2n) is 10.9. The number of halogens is 2. The summed E-state index contributed by atoms with van der Waals surface area (Å²) in [6, 6.07) is 33.5. The number of hydrogen-bond donors (Lipinski definition) is 0. The van der Waals surface area contributed by atoms with Gasteiger partial charge in [-0.25, -0.2) is 0 Å². The van der Waals surface area contributed by atoms with Gasteiger partial charge in [0.2, 0.25) is 5.52 Å². The van der Waals surface area contributed by atoms with Crippen LogP contribution in [0.2, 0.25) is 10.0 Å². The zero-order valence-corrected chi connectivity index (χ0v) is 28.7. The van der Waals surface area contributed by atoms with E-state index in [0.717, 1.165) is 62.6 Å². The summed E-state index contributed by atoms with van der Waals surface area (Å²) in [7, 11) is 0. The van der Waals surface area contributed by atoms with Gasteiger partial charge >= 0.3 is 0 Å². The van der Waals surface area contributed by atoms with Gasteiger partial charge in [0.25, 0.3) is 5.01 Å². The van der Waals surface area contributed by atoms with Gasteiger partial charge in [-0.2, -0.15) is 4.57 Å². The van der Waals surface area contributed by atoms with E-state index in [1.54, 1.807) is 23.1 Å². The van der Waals surface area contributed by atoms with Gasteiger partial charge in [0.15, 0.2) is 0 Å². The second-order valence-corrected chi connectivity index (χ2v) is 13.9. The minimum absolute atomic E-state index is 0.755. The van der Waals surface area contributed by atoms with E-state index in [1.165, 1.54) is 19.6 Å². The molecule has 7 rings (SSSR count). The summed E-state index contributed by atoms with van der Waals surface area (Å²) in [5.74, 6) is 0. The van der Waals surface area contributed by atoms with Crippen LogP contribution in [0.15, 0.2) is 154 Å². The highest BCUT2D eigenvalue weighted by molar-refractivity contribution is 8.03. The van der Waals surface area contributed by atoms with E-state index < -0.39 is 0 Å². The third-order valence-electron chi connectivity index (χ3n) is 8.07. The van der Waals surface area contributed by atoms with Crippen LogP contribution in [-0.2, 0) is 6.54 Å². The average Bonchev–Trinajstić information content (AvgIpc) is 3.75. The second kappa shape index (κ2) is 13.4. The molecule has 0 radical (unpaired) electrons. The first-order valence-corrected chi connectivity index (χ1v) is 17.7. The fourth-order valence-electron chi connectivity index (χ4n) is 5.96. The Kier molecular flexibility index (Phi) is 8.92. The van der Waals surface area contributed by atoms with Crippen molar-refractivity contribution in [2.24, 2.45) is 0 Å². The molecule has 0 N–H and O–H groups in total. The maximum atomic E-state index is 6.38. The Labute approximate surface area is 288 Å². The molecule has 4 aromatic carbocycles. The Morgan fingerprint density at radius 1 is 0.783 bits per heavy atom. The zero-order valence-electron chi connectivity index (χ0n) is 25.5. The van der Waals surface area contributed by atoms with Crippen molar-refractivity contribution < 1.29 is 4.57 Å². The van der Waals surface area contributed by atoms with E-state index in [1.807, 2.05) is 12.1 Å². The number of thiazole rings is 1. The van der Waals surface area contributed by atoms with E-state index in [0.29, 0.717) is 0 Å². The Balaban J connectivity index is 1.36. The number of thioether (sulfide) groups is 1. The van der Waals surface area contributed by atoms with E-state index in [-0.39, 0.29) is 0 Å². The Hall–Kier alpha value is -4.00. The predicted molar refractivity (Wildman–Crippen MR) is 199 cm³/mol. The molecule has 0 spiro atoms. The van der Waals surface area contributed by atoms with Crippen LogP contribution in [0.3, 0.4) is 0 Å². The normalized spacial score (nSPS) is 16.1. The monoisotopic (exact) mass is 676 g/mol. The van der Waals surface area contributed by atoms with Crippen molar-refractivity contribution in [3.8, 4) is 0 Å². The highest BCUT2D eigenvalue weighted by Gasteiger charge is 2.26. The first kappa shape index (κ1) is 30.6. The van der Waals surface area contributed by atoms with Crippen molar-refractivity contribution in [1.82, 2.24) is 0 Å². The summed E-state index contributed by atoms with van der Waals surface area (Å²) in [5.41, 5.74) is 7.93. The number of anilines is 3. The number of fused-ring (bicyclic) bond motifs is 2.